The van der Waals surface area contributed by atoms with Crippen molar-refractivity contribution in [3.8, 4) is 11.3 Å². The van der Waals surface area contributed by atoms with E-state index in [1.807, 2.05) is 27.7 Å². The monoisotopic (exact) mass is 497 g/mol. The lowest BCUT2D eigenvalue weighted by atomic mass is 9.79. The Labute approximate surface area is 203 Å². The Morgan fingerprint density at radius 1 is 1.03 bits per heavy atom. The molecule has 5 rings (SSSR count). The zero-order valence-electron chi connectivity index (χ0n) is 20.3. The van der Waals surface area contributed by atoms with E-state index < -0.39 is 34.2 Å². The van der Waals surface area contributed by atoms with Crippen LogP contribution in [0.1, 0.15) is 39.1 Å². The van der Waals surface area contributed by atoms with Gasteiger partial charge in [-0.2, -0.15) is 0 Å². The molecular formula is C24H25BFN3O5S. The number of aromatic nitrogens is 3. The van der Waals surface area contributed by atoms with Crippen LogP contribution in [0.4, 0.5) is 4.39 Å². The van der Waals surface area contributed by atoms with Crippen LogP contribution in [-0.2, 0) is 19.3 Å². The molecule has 0 unspecified atom stereocenters. The molecule has 0 N–H and O–H groups in total. The molecule has 1 aliphatic heterocycles. The summed E-state index contributed by atoms with van der Waals surface area (Å²) in [5.41, 5.74) is -0.142. The highest BCUT2D eigenvalue weighted by Gasteiger charge is 2.52. The van der Waals surface area contributed by atoms with Gasteiger partial charge in [0.2, 0.25) is 0 Å². The minimum atomic E-state index is -4.07. The summed E-state index contributed by atoms with van der Waals surface area (Å²) in [5.74, 6) is -0.261. The van der Waals surface area contributed by atoms with Gasteiger partial charge in [-0.15, -0.1) is 0 Å². The lowest BCUT2D eigenvalue weighted by molar-refractivity contribution is 0.00578. The Bertz CT molecular complexity index is 1530. The van der Waals surface area contributed by atoms with Gasteiger partial charge < -0.3 is 13.8 Å². The van der Waals surface area contributed by atoms with E-state index in [1.165, 1.54) is 24.4 Å². The van der Waals surface area contributed by atoms with Gasteiger partial charge in [0.05, 0.1) is 27.4 Å². The summed E-state index contributed by atoms with van der Waals surface area (Å²) in [6.07, 6.45) is 1.40. The molecule has 11 heteroatoms. The SMILES string of the molecule is Cc1noc(C)c1-c1nc2c(cc1F)c(B1OC(C)(C)C(C)(C)O1)cn2S(=O)(=O)c1ccccc1. The predicted octanol–water partition coefficient (Wildman–Crippen LogP) is 3.98. The Morgan fingerprint density at radius 3 is 2.23 bits per heavy atom. The zero-order valence-corrected chi connectivity index (χ0v) is 21.1. The van der Waals surface area contributed by atoms with Gasteiger partial charge in [-0.1, -0.05) is 23.4 Å². The van der Waals surface area contributed by atoms with Crippen molar-refractivity contribution in [2.45, 2.75) is 57.6 Å². The van der Waals surface area contributed by atoms with E-state index in [0.717, 1.165) is 3.97 Å². The third-order valence-electron chi connectivity index (χ3n) is 6.81. The molecule has 1 saturated heterocycles. The molecule has 0 aliphatic carbocycles. The normalized spacial score (nSPS) is 17.4. The second-order valence-corrected chi connectivity index (χ2v) is 11.5. The average molecular weight is 497 g/mol. The maximum Gasteiger partial charge on any atom is 0.497 e. The number of rotatable bonds is 4. The van der Waals surface area contributed by atoms with Crippen LogP contribution in [-0.4, -0.2) is 40.9 Å². The quantitative estimate of drug-likeness (QED) is 0.394. The summed E-state index contributed by atoms with van der Waals surface area (Å²) >= 11 is 0. The van der Waals surface area contributed by atoms with Gasteiger partial charge in [0.15, 0.2) is 5.65 Å². The topological polar surface area (TPSA) is 96.5 Å². The molecule has 4 aromatic rings. The number of pyridine rings is 1. The summed E-state index contributed by atoms with van der Waals surface area (Å²) in [7, 11) is -4.98. The van der Waals surface area contributed by atoms with Crippen LogP contribution >= 0.6 is 0 Å². The van der Waals surface area contributed by atoms with E-state index in [-0.39, 0.29) is 21.6 Å². The van der Waals surface area contributed by atoms with Gasteiger partial charge in [-0.3, -0.25) is 0 Å². The van der Waals surface area contributed by atoms with Crippen molar-refractivity contribution in [1.82, 2.24) is 14.1 Å². The van der Waals surface area contributed by atoms with Crippen LogP contribution in [0, 0.1) is 19.7 Å². The van der Waals surface area contributed by atoms with E-state index in [4.69, 9.17) is 13.8 Å². The van der Waals surface area contributed by atoms with Crippen LogP contribution in [0.2, 0.25) is 0 Å². The number of hydrogen-bond donors (Lipinski definition) is 0. The molecule has 35 heavy (non-hydrogen) atoms. The molecule has 0 saturated carbocycles. The standard InChI is InChI=1S/C24H25BFN3O5S/c1-14-20(15(2)32-28-14)21-19(26)12-17-18(25-33-23(3,4)24(5,6)34-25)13-29(22(17)27-21)35(30,31)16-10-8-7-9-11-16/h7-13H,1-6H3. The van der Waals surface area contributed by atoms with Crippen LogP contribution < -0.4 is 5.46 Å². The minimum Gasteiger partial charge on any atom is -0.399 e. The van der Waals surface area contributed by atoms with Gasteiger partial charge in [-0.25, -0.2) is 21.8 Å². The van der Waals surface area contributed by atoms with E-state index in [1.54, 1.807) is 32.0 Å². The summed E-state index contributed by atoms with van der Waals surface area (Å²) in [5, 5.41) is 4.16. The second kappa shape index (κ2) is 7.74. The molecule has 3 aromatic heterocycles. The second-order valence-electron chi connectivity index (χ2n) is 9.68. The first kappa shape index (κ1) is 23.7. The van der Waals surface area contributed by atoms with E-state index in [9.17, 15) is 8.42 Å². The van der Waals surface area contributed by atoms with Crippen LogP contribution in [0.25, 0.3) is 22.3 Å². The van der Waals surface area contributed by atoms with E-state index in [2.05, 4.69) is 10.1 Å². The van der Waals surface area contributed by atoms with Gasteiger partial charge in [0, 0.05) is 17.0 Å². The Kier molecular flexibility index (Phi) is 5.25. The highest BCUT2D eigenvalue weighted by atomic mass is 32.2. The summed E-state index contributed by atoms with van der Waals surface area (Å²) in [6.45, 7) is 10.9. The first-order valence-electron chi connectivity index (χ1n) is 11.1. The maximum atomic E-state index is 15.5. The van der Waals surface area contributed by atoms with Crippen LogP contribution in [0.5, 0.6) is 0 Å². The molecule has 0 spiro atoms. The van der Waals surface area contributed by atoms with E-state index in [0.29, 0.717) is 22.5 Å². The number of fused-ring (bicyclic) bond motifs is 1. The maximum absolute atomic E-state index is 15.5. The van der Waals surface area contributed by atoms with Crippen molar-refractivity contribution < 1.29 is 26.6 Å². The number of benzene rings is 1. The largest absolute Gasteiger partial charge is 0.497 e. The van der Waals surface area contributed by atoms with Crippen LogP contribution in [0.15, 0.2) is 52.0 Å². The zero-order chi connectivity index (χ0) is 25.3. The fourth-order valence-electron chi connectivity index (χ4n) is 4.16. The third kappa shape index (κ3) is 3.60. The van der Waals surface area contributed by atoms with Crippen molar-refractivity contribution in [1.29, 1.82) is 0 Å². The summed E-state index contributed by atoms with van der Waals surface area (Å²) < 4.78 is 61.4. The fourth-order valence-corrected chi connectivity index (χ4v) is 5.51. The fraction of sp³-hybridized carbons (Fsp3) is 0.333. The highest BCUT2D eigenvalue weighted by molar-refractivity contribution is 7.90. The number of nitrogens with zero attached hydrogens (tertiary/aromatic N) is 3. The smallest absolute Gasteiger partial charge is 0.399 e. The van der Waals surface area contributed by atoms with Crippen molar-refractivity contribution in [2.24, 2.45) is 0 Å². The van der Waals surface area contributed by atoms with Gasteiger partial charge in [0.25, 0.3) is 10.0 Å². The average Bonchev–Trinajstić information content (AvgIpc) is 3.39. The summed E-state index contributed by atoms with van der Waals surface area (Å²) in [4.78, 5) is 4.56. The molecular weight excluding hydrogens is 472 g/mol. The lowest BCUT2D eigenvalue weighted by Gasteiger charge is -2.32. The number of aryl methyl sites for hydroxylation is 2. The van der Waals surface area contributed by atoms with Crippen molar-refractivity contribution in [2.75, 3.05) is 0 Å². The van der Waals surface area contributed by atoms with E-state index >= 15 is 4.39 Å². The Hall–Kier alpha value is -3.02. The molecule has 182 valence electrons. The summed E-state index contributed by atoms with van der Waals surface area (Å²) in [6, 6.07) is 9.25. The first-order valence-corrected chi connectivity index (χ1v) is 12.6. The van der Waals surface area contributed by atoms with Gasteiger partial charge in [-0.05, 0) is 59.7 Å². The molecule has 1 aliphatic rings. The molecule has 0 radical (unpaired) electrons. The third-order valence-corrected chi connectivity index (χ3v) is 8.47. The van der Waals surface area contributed by atoms with Gasteiger partial charge >= 0.3 is 7.12 Å². The number of halogens is 1. The molecule has 1 fully saturated rings. The molecule has 1 aromatic carbocycles. The Balaban J connectivity index is 1.80. The predicted molar refractivity (Wildman–Crippen MR) is 129 cm³/mol. The minimum absolute atomic E-state index is 0.0446. The lowest BCUT2D eigenvalue weighted by Crippen LogP contribution is -2.41. The number of hydrogen-bond acceptors (Lipinski definition) is 7. The van der Waals surface area contributed by atoms with Crippen LogP contribution in [0.3, 0.4) is 0 Å². The highest BCUT2D eigenvalue weighted by Crippen LogP contribution is 2.38. The van der Waals surface area contributed by atoms with Crippen molar-refractivity contribution >= 4 is 33.6 Å². The van der Waals surface area contributed by atoms with Crippen molar-refractivity contribution in [3.05, 3.63) is 59.9 Å². The first-order chi connectivity index (χ1) is 16.3. The molecule has 0 atom stereocenters. The molecule has 0 bridgehead atoms. The van der Waals surface area contributed by atoms with Crippen molar-refractivity contribution in [3.63, 3.8) is 0 Å². The molecule has 8 nitrogen and oxygen atoms in total. The Morgan fingerprint density at radius 2 is 1.66 bits per heavy atom. The molecule has 0 amide bonds. The molecule has 4 heterocycles. The van der Waals surface area contributed by atoms with Gasteiger partial charge in [0.1, 0.15) is 17.3 Å².